The van der Waals surface area contributed by atoms with Crippen molar-refractivity contribution in [2.24, 2.45) is 17.8 Å². The van der Waals surface area contributed by atoms with Crippen molar-refractivity contribution in [1.29, 1.82) is 0 Å². The van der Waals surface area contributed by atoms with Gasteiger partial charge in [-0.25, -0.2) is 0 Å². The summed E-state index contributed by atoms with van der Waals surface area (Å²) in [6.07, 6.45) is 9.53. The van der Waals surface area contributed by atoms with E-state index in [2.05, 4.69) is 49.8 Å². The fourth-order valence-corrected chi connectivity index (χ4v) is 7.50. The smallest absolute Gasteiger partial charge is 0.657 e. The number of fused-ring (bicyclic) bond motifs is 8. The van der Waals surface area contributed by atoms with Crippen LogP contribution in [0, 0.1) is 38.5 Å². The average Bonchev–Trinajstić information content (AvgIpc) is 3.76. The van der Waals surface area contributed by atoms with Crippen LogP contribution in [0.5, 0.6) is 0 Å². The van der Waals surface area contributed by atoms with Gasteiger partial charge in [0.25, 0.3) is 0 Å². The monoisotopic (exact) mass is 632 g/mol. The van der Waals surface area contributed by atoms with E-state index in [1.54, 1.807) is 0 Å². The Morgan fingerprint density at radius 2 is 1.70 bits per heavy atom. The van der Waals surface area contributed by atoms with Crippen LogP contribution in [0.4, 0.5) is 0 Å². The van der Waals surface area contributed by atoms with Gasteiger partial charge in [0.05, 0.1) is 20.3 Å². The second-order valence-electron chi connectivity index (χ2n) is 12.3. The maximum atomic E-state index is 13.3. The van der Waals surface area contributed by atoms with Crippen molar-refractivity contribution in [2.75, 3.05) is 14.2 Å². The maximum absolute atomic E-state index is 13.3. The fourth-order valence-electron chi connectivity index (χ4n) is 7.50. The van der Waals surface area contributed by atoms with Crippen LogP contribution in [0.2, 0.25) is 0 Å². The van der Waals surface area contributed by atoms with Crippen molar-refractivity contribution in [3.05, 3.63) is 78.4 Å². The number of methoxy groups -OCH3 is 2. The fraction of sp³-hybridized carbons (Fsp3) is 0.389. The summed E-state index contributed by atoms with van der Waals surface area (Å²) < 4.78 is 10.2. The van der Waals surface area contributed by atoms with Gasteiger partial charge >= 0.3 is 35.0 Å². The maximum Gasteiger partial charge on any atom is 2.00 e. The second kappa shape index (κ2) is 12.7. The number of ether oxygens (including phenoxy) is 2. The first-order valence-corrected chi connectivity index (χ1v) is 15.5. The van der Waals surface area contributed by atoms with Crippen LogP contribution in [0.25, 0.3) is 35.6 Å². The van der Waals surface area contributed by atoms with Crippen LogP contribution >= 0.6 is 0 Å². The third-order valence-electron chi connectivity index (χ3n) is 10.1. The number of aromatic amines is 1. The minimum absolute atomic E-state index is 0. The molecule has 3 aliphatic rings. The third kappa shape index (κ3) is 5.15. The number of allylic oxidation sites excluding steroid dienone is 1. The molecule has 5 heterocycles. The number of esters is 2. The molecule has 6 rings (SSSR count). The number of rotatable bonds is 6. The number of nitrogens with zero attached hydrogens (tertiary/aromatic N) is 2. The number of nitrogens with one attached hydrogen (secondary N) is 2. The summed E-state index contributed by atoms with van der Waals surface area (Å²) in [7, 11) is 2.71. The number of carbonyl (C=O) groups is 2. The molecular formula is C36H40MgN4O5. The van der Waals surface area contributed by atoms with Gasteiger partial charge in [-0.15, -0.1) is 22.4 Å². The van der Waals surface area contributed by atoms with Crippen LogP contribution in [0.15, 0.2) is 12.3 Å². The summed E-state index contributed by atoms with van der Waals surface area (Å²) >= 11 is 0. The second-order valence-corrected chi connectivity index (χ2v) is 12.3. The molecule has 236 valence electrons. The molecule has 1 unspecified atom stereocenters. The molecule has 1 fully saturated rings. The minimum atomic E-state index is -1.01. The molecule has 10 heteroatoms. The first-order valence-electron chi connectivity index (χ1n) is 15.5. The predicted octanol–water partition coefficient (Wildman–Crippen LogP) is 1.49. The van der Waals surface area contributed by atoms with E-state index in [-0.39, 0.29) is 53.0 Å². The van der Waals surface area contributed by atoms with Crippen molar-refractivity contribution < 1.29 is 24.2 Å². The van der Waals surface area contributed by atoms with E-state index in [0.29, 0.717) is 28.3 Å². The van der Waals surface area contributed by atoms with Gasteiger partial charge in [0.1, 0.15) is 11.7 Å². The standard InChI is InChI=1S/C36H40N4O5.Mg/c1-9-20-16(3)23-13-25-18(5)22(11-12-29(41)44-7)33(39-25)31-32(36(43)45-8)35(42)30-19(6)26(40-34(30)31)15-28-21(10-2)17(4)24(38-28)14-27(20)37-23;/h9,13-15,18,22,32-33,38-39,42H,1,10-12H2,2-8H3;/q-2;+2/b24-14-,25-13+,28-15-;/t18-,22-,32+,33?;/m0./s1. The molecule has 1 aliphatic carbocycles. The molecule has 8 bridgehead atoms. The van der Waals surface area contributed by atoms with Gasteiger partial charge in [-0.3, -0.25) is 9.59 Å². The Labute approximate surface area is 284 Å². The van der Waals surface area contributed by atoms with Crippen molar-refractivity contribution in [3.8, 4) is 0 Å². The molecule has 0 spiro atoms. The zero-order chi connectivity index (χ0) is 32.3. The van der Waals surface area contributed by atoms with E-state index in [4.69, 9.17) is 19.4 Å². The number of hydrogen-bond donors (Lipinski definition) is 3. The van der Waals surface area contributed by atoms with E-state index in [1.807, 2.05) is 26.0 Å². The number of H-pyrrole nitrogens is 1. The zero-order valence-corrected chi connectivity index (χ0v) is 29.0. The summed E-state index contributed by atoms with van der Waals surface area (Å²) in [5.74, 6) is -2.08. The summed E-state index contributed by atoms with van der Waals surface area (Å²) in [5, 5.41) is 18.4. The molecule has 0 amide bonds. The van der Waals surface area contributed by atoms with Crippen LogP contribution in [0.1, 0.15) is 71.6 Å². The van der Waals surface area contributed by atoms with Crippen LogP contribution in [0.3, 0.4) is 0 Å². The van der Waals surface area contributed by atoms with E-state index in [9.17, 15) is 14.7 Å². The van der Waals surface area contributed by atoms with E-state index in [1.165, 1.54) is 19.8 Å². The SMILES string of the molecule is C=Cc1c2[n-]c(c1C)/C=C1/NC(C3=c4[n-]c(c(C)c4=C(O)[C@@H]3C(=O)OC)/C=c3\[nH]/c(c(C)c3CC)=C\2)[C@@H](CCC(=O)OC)[C@@H]1C.[Mg+2]. The summed E-state index contributed by atoms with van der Waals surface area (Å²) in [6.45, 7) is 14.4. The van der Waals surface area contributed by atoms with Crippen molar-refractivity contribution >= 4 is 70.6 Å². The predicted molar refractivity (Wildman–Crippen MR) is 179 cm³/mol. The molecule has 2 aliphatic heterocycles. The van der Waals surface area contributed by atoms with E-state index >= 15 is 0 Å². The molecule has 0 radical (unpaired) electrons. The molecule has 3 aromatic heterocycles. The first-order chi connectivity index (χ1) is 21.5. The Kier molecular flexibility index (Phi) is 9.25. The van der Waals surface area contributed by atoms with Gasteiger partial charge in [0.15, 0.2) is 0 Å². The molecule has 46 heavy (non-hydrogen) atoms. The van der Waals surface area contributed by atoms with Gasteiger partial charge in [0.2, 0.25) is 0 Å². The number of aliphatic hydroxyl groups is 1. The quantitative estimate of drug-likeness (QED) is 0.276. The van der Waals surface area contributed by atoms with E-state index < -0.39 is 17.9 Å². The number of carbonyl (C=O) groups excluding carboxylic acids is 2. The molecule has 0 saturated carbocycles. The van der Waals surface area contributed by atoms with Crippen molar-refractivity contribution in [1.82, 2.24) is 20.3 Å². The Balaban J connectivity index is 0.00000417. The topological polar surface area (TPSA) is 129 Å². The summed E-state index contributed by atoms with van der Waals surface area (Å²) in [4.78, 5) is 39.4. The molecule has 0 aromatic carbocycles. The average molecular weight is 633 g/mol. The summed E-state index contributed by atoms with van der Waals surface area (Å²) in [5.41, 5.74) is 9.00. The number of aromatic nitrogens is 3. The number of aliphatic hydroxyl groups excluding tert-OH is 1. The third-order valence-corrected chi connectivity index (χ3v) is 10.1. The number of hydrogen-bond acceptors (Lipinski definition) is 6. The zero-order valence-electron chi connectivity index (χ0n) is 27.6. The molecule has 9 nitrogen and oxygen atoms in total. The molecular weight excluding hydrogens is 593 g/mol. The van der Waals surface area contributed by atoms with Gasteiger partial charge in [-0.1, -0.05) is 55.9 Å². The summed E-state index contributed by atoms with van der Waals surface area (Å²) in [6, 6.07) is -0.413. The van der Waals surface area contributed by atoms with Crippen LogP contribution < -0.4 is 36.6 Å². The normalized spacial score (nSPS) is 23.7. The minimum Gasteiger partial charge on any atom is -0.657 e. The van der Waals surface area contributed by atoms with Gasteiger partial charge in [-0.05, 0) is 61.8 Å². The van der Waals surface area contributed by atoms with E-state index in [0.717, 1.165) is 56.5 Å². The van der Waals surface area contributed by atoms with Crippen molar-refractivity contribution in [3.63, 3.8) is 0 Å². The Bertz CT molecular complexity index is 2040. The Morgan fingerprint density at radius 1 is 1.00 bits per heavy atom. The molecule has 4 atom stereocenters. The van der Waals surface area contributed by atoms with Crippen LogP contribution in [-0.2, 0) is 25.5 Å². The first kappa shape index (κ1) is 33.5. The molecule has 1 saturated heterocycles. The van der Waals surface area contributed by atoms with Gasteiger partial charge in [-0.2, -0.15) is 0 Å². The Hall–Kier alpha value is -3.89. The van der Waals surface area contributed by atoms with Gasteiger partial charge in [0, 0.05) is 34.0 Å². The van der Waals surface area contributed by atoms with Gasteiger partial charge < -0.3 is 34.8 Å². The molecule has 3 N–H and O–H groups in total. The van der Waals surface area contributed by atoms with Crippen LogP contribution in [-0.4, -0.2) is 65.3 Å². The van der Waals surface area contributed by atoms with Crippen molar-refractivity contribution in [2.45, 2.75) is 59.9 Å². The molecule has 3 aromatic rings. The largest absolute Gasteiger partial charge is 2.00 e. The Morgan fingerprint density at radius 3 is 2.35 bits per heavy atom.